The first kappa shape index (κ1) is 16.6. The Kier molecular flexibility index (Phi) is 7.15. The molecule has 0 heterocycles. The number of aryl methyl sites for hydroxylation is 1. The molecular weight excluding hydrogens is 274 g/mol. The molecule has 0 saturated carbocycles. The van der Waals surface area contributed by atoms with Crippen LogP contribution in [-0.4, -0.2) is 28.8 Å². The molecule has 0 bridgehead atoms. The lowest BCUT2D eigenvalue weighted by atomic mass is 10.2. The van der Waals surface area contributed by atoms with Crippen LogP contribution in [0, 0.1) is 6.92 Å². The van der Waals surface area contributed by atoms with Crippen molar-refractivity contribution in [2.24, 2.45) is 0 Å². The van der Waals surface area contributed by atoms with Gasteiger partial charge >= 0.3 is 5.97 Å². The molecule has 1 unspecified atom stereocenters. The van der Waals surface area contributed by atoms with Crippen LogP contribution in [-0.2, 0) is 15.3 Å². The quantitative estimate of drug-likeness (QED) is 0.773. The molecule has 5 heteroatoms. The summed E-state index contributed by atoms with van der Waals surface area (Å²) in [6, 6.07) is 8.15. The molecule has 20 heavy (non-hydrogen) atoms. The number of rotatable bonds is 8. The molecule has 1 amide bonds. The van der Waals surface area contributed by atoms with E-state index in [1.807, 2.05) is 13.8 Å². The summed E-state index contributed by atoms with van der Waals surface area (Å²) >= 11 is 1.56. The molecule has 110 valence electrons. The van der Waals surface area contributed by atoms with Gasteiger partial charge in [0.2, 0.25) is 5.91 Å². The van der Waals surface area contributed by atoms with E-state index in [1.54, 1.807) is 11.8 Å². The van der Waals surface area contributed by atoms with E-state index < -0.39 is 5.97 Å². The normalized spacial score (nSPS) is 11.9. The molecule has 1 rings (SSSR count). The molecule has 0 spiro atoms. The van der Waals surface area contributed by atoms with Gasteiger partial charge in [0.25, 0.3) is 0 Å². The van der Waals surface area contributed by atoms with Crippen LogP contribution in [0.5, 0.6) is 0 Å². The highest BCUT2D eigenvalue weighted by Crippen LogP contribution is 2.12. The largest absolute Gasteiger partial charge is 0.481 e. The first-order valence-electron chi connectivity index (χ1n) is 6.62. The van der Waals surface area contributed by atoms with Gasteiger partial charge in [-0.1, -0.05) is 29.8 Å². The Hall–Kier alpha value is -1.49. The van der Waals surface area contributed by atoms with Crippen molar-refractivity contribution in [3.8, 4) is 0 Å². The average molecular weight is 295 g/mol. The minimum Gasteiger partial charge on any atom is -0.481 e. The molecule has 1 atom stereocenters. The second-order valence-corrected chi connectivity index (χ2v) is 5.86. The van der Waals surface area contributed by atoms with Gasteiger partial charge in [0, 0.05) is 18.2 Å². The second kappa shape index (κ2) is 8.64. The summed E-state index contributed by atoms with van der Waals surface area (Å²) in [7, 11) is 0. The molecule has 0 aliphatic heterocycles. The molecule has 0 saturated heterocycles. The Morgan fingerprint density at radius 3 is 2.55 bits per heavy atom. The number of thioether (sulfide) groups is 1. The Bertz CT molecular complexity index is 445. The Morgan fingerprint density at radius 2 is 1.95 bits per heavy atom. The number of carbonyl (C=O) groups excluding carboxylic acids is 1. The number of aliphatic carboxylic acids is 1. The van der Waals surface area contributed by atoms with Crippen molar-refractivity contribution in [3.05, 3.63) is 35.4 Å². The van der Waals surface area contributed by atoms with E-state index >= 15 is 0 Å². The van der Waals surface area contributed by atoms with Crippen molar-refractivity contribution in [2.75, 3.05) is 5.75 Å². The minimum atomic E-state index is -0.833. The number of carbonyl (C=O) groups is 2. The SMILES string of the molecule is Cc1ccc(CSCC(=O)NC(C)CCC(=O)O)cc1. The van der Waals surface area contributed by atoms with Crippen LogP contribution < -0.4 is 5.32 Å². The maximum atomic E-state index is 11.7. The monoisotopic (exact) mass is 295 g/mol. The predicted molar refractivity (Wildman–Crippen MR) is 81.8 cm³/mol. The third-order valence-electron chi connectivity index (χ3n) is 2.82. The molecule has 0 radical (unpaired) electrons. The molecule has 2 N–H and O–H groups in total. The summed E-state index contributed by atoms with van der Waals surface area (Å²) in [6.07, 6.45) is 0.543. The molecule has 1 aromatic rings. The van der Waals surface area contributed by atoms with E-state index in [4.69, 9.17) is 5.11 Å². The van der Waals surface area contributed by atoms with Crippen LogP contribution in [0.4, 0.5) is 0 Å². The van der Waals surface area contributed by atoms with Crippen molar-refractivity contribution < 1.29 is 14.7 Å². The van der Waals surface area contributed by atoms with Crippen LogP contribution >= 0.6 is 11.8 Å². The lowest BCUT2D eigenvalue weighted by Gasteiger charge is -2.12. The number of amides is 1. The van der Waals surface area contributed by atoms with Crippen molar-refractivity contribution in [3.63, 3.8) is 0 Å². The summed E-state index contributed by atoms with van der Waals surface area (Å²) in [5, 5.41) is 11.4. The summed E-state index contributed by atoms with van der Waals surface area (Å²) in [6.45, 7) is 3.87. The third kappa shape index (κ3) is 7.19. The minimum absolute atomic E-state index is 0.0417. The van der Waals surface area contributed by atoms with E-state index in [0.29, 0.717) is 12.2 Å². The molecule has 0 aliphatic rings. The maximum Gasteiger partial charge on any atom is 0.303 e. The summed E-state index contributed by atoms with van der Waals surface area (Å²) in [4.78, 5) is 22.1. The lowest BCUT2D eigenvalue weighted by Crippen LogP contribution is -2.34. The standard InChI is InChI=1S/C15H21NO3S/c1-11-3-6-13(7-4-11)9-20-10-14(17)16-12(2)5-8-15(18)19/h3-4,6-7,12H,5,8-10H2,1-2H3,(H,16,17)(H,18,19). The highest BCUT2D eigenvalue weighted by molar-refractivity contribution is 7.99. The van der Waals surface area contributed by atoms with Gasteiger partial charge in [-0.15, -0.1) is 11.8 Å². The van der Waals surface area contributed by atoms with Gasteiger partial charge in [0.05, 0.1) is 5.75 Å². The fourth-order valence-electron chi connectivity index (χ4n) is 1.67. The van der Waals surface area contributed by atoms with Gasteiger partial charge in [-0.25, -0.2) is 0 Å². The Labute approximate surface area is 124 Å². The van der Waals surface area contributed by atoms with Crippen molar-refractivity contribution >= 4 is 23.6 Å². The van der Waals surface area contributed by atoms with E-state index in [1.165, 1.54) is 11.1 Å². The molecule has 1 aromatic carbocycles. The Balaban J connectivity index is 2.19. The van der Waals surface area contributed by atoms with Gasteiger partial charge < -0.3 is 10.4 Å². The molecule has 0 aliphatic carbocycles. The molecule has 0 aromatic heterocycles. The number of carboxylic acids is 1. The van der Waals surface area contributed by atoms with Crippen LogP contribution in [0.1, 0.15) is 30.9 Å². The fourth-order valence-corrected chi connectivity index (χ4v) is 2.47. The second-order valence-electron chi connectivity index (χ2n) is 4.88. The zero-order valence-electron chi connectivity index (χ0n) is 11.9. The van der Waals surface area contributed by atoms with E-state index in [9.17, 15) is 9.59 Å². The van der Waals surface area contributed by atoms with Gasteiger partial charge in [-0.3, -0.25) is 9.59 Å². The zero-order chi connectivity index (χ0) is 15.0. The molecule has 0 fully saturated rings. The predicted octanol–water partition coefficient (Wildman–Crippen LogP) is 2.60. The molecule has 4 nitrogen and oxygen atoms in total. The van der Waals surface area contributed by atoms with Gasteiger partial charge in [-0.05, 0) is 25.8 Å². The van der Waals surface area contributed by atoms with Crippen LogP contribution in [0.25, 0.3) is 0 Å². The first-order chi connectivity index (χ1) is 9.47. The number of nitrogens with one attached hydrogen (secondary N) is 1. The summed E-state index contributed by atoms with van der Waals surface area (Å²) < 4.78 is 0. The van der Waals surface area contributed by atoms with Gasteiger partial charge in [0.15, 0.2) is 0 Å². The lowest BCUT2D eigenvalue weighted by molar-refractivity contribution is -0.137. The number of benzene rings is 1. The third-order valence-corrected chi connectivity index (χ3v) is 3.82. The number of carboxylic acid groups (broad SMARTS) is 1. The van der Waals surface area contributed by atoms with Crippen molar-refractivity contribution in [1.82, 2.24) is 5.32 Å². The van der Waals surface area contributed by atoms with Crippen molar-refractivity contribution in [1.29, 1.82) is 0 Å². The van der Waals surface area contributed by atoms with Gasteiger partial charge in [0.1, 0.15) is 0 Å². The van der Waals surface area contributed by atoms with Crippen LogP contribution in [0.2, 0.25) is 0 Å². The summed E-state index contributed by atoms with van der Waals surface area (Å²) in [5.41, 5.74) is 2.43. The molecular formula is C15H21NO3S. The summed E-state index contributed by atoms with van der Waals surface area (Å²) in [5.74, 6) is 0.322. The zero-order valence-corrected chi connectivity index (χ0v) is 12.7. The van der Waals surface area contributed by atoms with Crippen molar-refractivity contribution in [2.45, 2.75) is 38.5 Å². The van der Waals surface area contributed by atoms with Crippen LogP contribution in [0.3, 0.4) is 0 Å². The van der Waals surface area contributed by atoms with Gasteiger partial charge in [-0.2, -0.15) is 0 Å². The van der Waals surface area contributed by atoms with E-state index in [0.717, 1.165) is 5.75 Å². The topological polar surface area (TPSA) is 66.4 Å². The maximum absolute atomic E-state index is 11.7. The van der Waals surface area contributed by atoms with Crippen LogP contribution in [0.15, 0.2) is 24.3 Å². The Morgan fingerprint density at radius 1 is 1.30 bits per heavy atom. The highest BCUT2D eigenvalue weighted by Gasteiger charge is 2.09. The first-order valence-corrected chi connectivity index (χ1v) is 7.77. The number of hydrogen-bond acceptors (Lipinski definition) is 3. The highest BCUT2D eigenvalue weighted by atomic mass is 32.2. The van der Waals surface area contributed by atoms with E-state index in [2.05, 4.69) is 29.6 Å². The average Bonchev–Trinajstić information content (AvgIpc) is 2.38. The number of hydrogen-bond donors (Lipinski definition) is 2. The van der Waals surface area contributed by atoms with E-state index in [-0.39, 0.29) is 18.4 Å². The fraction of sp³-hybridized carbons (Fsp3) is 0.467. The smallest absolute Gasteiger partial charge is 0.303 e.